The number of rotatable bonds is 0. The molecule has 0 saturated heterocycles. The van der Waals surface area contributed by atoms with Crippen LogP contribution in [0.5, 0.6) is 0 Å². The minimum absolute atomic E-state index is 0.0410. The van der Waals surface area contributed by atoms with Gasteiger partial charge in [-0.15, -0.1) is 0 Å². The van der Waals surface area contributed by atoms with Crippen molar-refractivity contribution in [2.24, 2.45) is 7.05 Å². The van der Waals surface area contributed by atoms with Gasteiger partial charge in [-0.2, -0.15) is 0 Å². The first-order valence-electron chi connectivity index (χ1n) is 4.72. The van der Waals surface area contributed by atoms with Gasteiger partial charge >= 0.3 is 0 Å². The molecule has 0 saturated carbocycles. The smallest absolute Gasteiger partial charge is 0.261 e. The normalized spacial score (nSPS) is 9.94. The zero-order chi connectivity index (χ0) is 11.7. The van der Waals surface area contributed by atoms with Gasteiger partial charge in [-0.1, -0.05) is 5.92 Å². The Balaban J connectivity index is 2.86. The molecule has 0 unspecified atom stereocenters. The fourth-order valence-electron chi connectivity index (χ4n) is 1.51. The van der Waals surface area contributed by atoms with Crippen LogP contribution in [0.25, 0.3) is 10.9 Å². The molecule has 1 aromatic carbocycles. The first-order chi connectivity index (χ1) is 7.63. The standard InChI is InChI=1S/C12H9BrN2O/c1-8-14-11-4-3-9(5-6-13)7-10(11)12(16)15(8)2/h3-4,7H,1-2H3. The van der Waals surface area contributed by atoms with Gasteiger partial charge in [-0.3, -0.25) is 9.36 Å². The summed E-state index contributed by atoms with van der Waals surface area (Å²) in [6, 6.07) is 5.43. The van der Waals surface area contributed by atoms with Crippen molar-refractivity contribution < 1.29 is 0 Å². The highest BCUT2D eigenvalue weighted by atomic mass is 79.9. The fourth-order valence-corrected chi connectivity index (χ4v) is 1.74. The van der Waals surface area contributed by atoms with E-state index in [9.17, 15) is 4.79 Å². The summed E-state index contributed by atoms with van der Waals surface area (Å²) >= 11 is 3.03. The van der Waals surface area contributed by atoms with Crippen LogP contribution in [0.4, 0.5) is 0 Å². The maximum Gasteiger partial charge on any atom is 0.261 e. The highest BCUT2D eigenvalue weighted by Crippen LogP contribution is 2.10. The monoisotopic (exact) mass is 276 g/mol. The zero-order valence-corrected chi connectivity index (χ0v) is 10.5. The Kier molecular flexibility index (Phi) is 2.80. The Morgan fingerprint density at radius 1 is 1.44 bits per heavy atom. The van der Waals surface area contributed by atoms with E-state index >= 15 is 0 Å². The van der Waals surface area contributed by atoms with Gasteiger partial charge in [0, 0.05) is 28.5 Å². The third kappa shape index (κ3) is 1.74. The van der Waals surface area contributed by atoms with Gasteiger partial charge in [0.25, 0.3) is 5.56 Å². The molecule has 0 bridgehead atoms. The molecular weight excluding hydrogens is 268 g/mol. The van der Waals surface area contributed by atoms with Crippen LogP contribution in [-0.4, -0.2) is 9.55 Å². The quantitative estimate of drug-likeness (QED) is 0.690. The van der Waals surface area contributed by atoms with Crippen molar-refractivity contribution in [3.05, 3.63) is 39.9 Å². The summed E-state index contributed by atoms with van der Waals surface area (Å²) in [5, 5.41) is 0.598. The molecule has 16 heavy (non-hydrogen) atoms. The highest BCUT2D eigenvalue weighted by Gasteiger charge is 2.05. The van der Waals surface area contributed by atoms with E-state index in [0.29, 0.717) is 16.7 Å². The number of aromatic nitrogens is 2. The molecule has 0 radical (unpaired) electrons. The molecule has 0 fully saturated rings. The number of aryl methyl sites for hydroxylation is 1. The van der Waals surface area contributed by atoms with Crippen LogP contribution in [0.1, 0.15) is 11.4 Å². The molecule has 0 spiro atoms. The topological polar surface area (TPSA) is 34.9 Å². The van der Waals surface area contributed by atoms with E-state index in [0.717, 1.165) is 5.56 Å². The van der Waals surface area contributed by atoms with Crippen molar-refractivity contribution in [3.8, 4) is 10.8 Å². The van der Waals surface area contributed by atoms with Crippen molar-refractivity contribution in [3.63, 3.8) is 0 Å². The average Bonchev–Trinajstić information content (AvgIpc) is 2.28. The Morgan fingerprint density at radius 2 is 2.19 bits per heavy atom. The zero-order valence-electron chi connectivity index (χ0n) is 8.91. The largest absolute Gasteiger partial charge is 0.299 e. The van der Waals surface area contributed by atoms with Gasteiger partial charge in [-0.05, 0) is 30.0 Å². The van der Waals surface area contributed by atoms with Crippen molar-refractivity contribution >= 4 is 26.8 Å². The highest BCUT2D eigenvalue weighted by molar-refractivity contribution is 9.12. The molecule has 2 aromatic rings. The second-order valence-corrected chi connectivity index (χ2v) is 3.87. The molecule has 80 valence electrons. The van der Waals surface area contributed by atoms with E-state index in [2.05, 4.69) is 31.7 Å². The minimum Gasteiger partial charge on any atom is -0.299 e. The lowest BCUT2D eigenvalue weighted by molar-refractivity contribution is 0.792. The summed E-state index contributed by atoms with van der Waals surface area (Å²) in [5.41, 5.74) is 1.47. The van der Waals surface area contributed by atoms with Crippen molar-refractivity contribution in [2.45, 2.75) is 6.92 Å². The molecule has 1 heterocycles. The lowest BCUT2D eigenvalue weighted by Gasteiger charge is -2.04. The summed E-state index contributed by atoms with van der Waals surface area (Å²) in [6.07, 6.45) is 0. The Bertz CT molecular complexity index is 677. The lowest BCUT2D eigenvalue weighted by atomic mass is 10.1. The Labute approximate surface area is 101 Å². The predicted molar refractivity (Wildman–Crippen MR) is 67.5 cm³/mol. The summed E-state index contributed by atoms with van der Waals surface area (Å²) in [7, 11) is 1.72. The van der Waals surface area contributed by atoms with Crippen LogP contribution >= 0.6 is 15.9 Å². The maximum absolute atomic E-state index is 12.0. The third-order valence-electron chi connectivity index (χ3n) is 2.49. The van der Waals surface area contributed by atoms with Crippen molar-refractivity contribution in [1.82, 2.24) is 9.55 Å². The number of hydrogen-bond acceptors (Lipinski definition) is 2. The molecule has 0 atom stereocenters. The molecule has 0 aliphatic heterocycles. The lowest BCUT2D eigenvalue weighted by Crippen LogP contribution is -2.20. The van der Waals surface area contributed by atoms with Gasteiger partial charge in [-0.25, -0.2) is 4.98 Å². The number of benzene rings is 1. The molecular formula is C12H9BrN2O. The summed E-state index contributed by atoms with van der Waals surface area (Å²) in [4.78, 5) is 18.9. The van der Waals surface area contributed by atoms with Crippen molar-refractivity contribution in [1.29, 1.82) is 0 Å². The second kappa shape index (κ2) is 4.11. The third-order valence-corrected chi connectivity index (χ3v) is 2.69. The van der Waals surface area contributed by atoms with Crippen LogP contribution in [0.3, 0.4) is 0 Å². The van der Waals surface area contributed by atoms with Crippen LogP contribution in [-0.2, 0) is 7.05 Å². The minimum atomic E-state index is -0.0410. The summed E-state index contributed by atoms with van der Waals surface area (Å²) < 4.78 is 1.54. The van der Waals surface area contributed by atoms with Crippen LogP contribution in [0.15, 0.2) is 23.0 Å². The van der Waals surface area contributed by atoms with Gasteiger partial charge in [0.2, 0.25) is 0 Å². The number of hydrogen-bond donors (Lipinski definition) is 0. The molecule has 0 aliphatic carbocycles. The van der Waals surface area contributed by atoms with E-state index in [1.165, 1.54) is 4.57 Å². The average molecular weight is 277 g/mol. The summed E-state index contributed by atoms with van der Waals surface area (Å²) in [5.74, 6) is 3.56. The van der Waals surface area contributed by atoms with E-state index < -0.39 is 0 Å². The Morgan fingerprint density at radius 3 is 2.88 bits per heavy atom. The van der Waals surface area contributed by atoms with Gasteiger partial charge in [0.05, 0.1) is 10.9 Å². The summed E-state index contributed by atoms with van der Waals surface area (Å²) in [6.45, 7) is 1.81. The van der Waals surface area contributed by atoms with E-state index in [-0.39, 0.29) is 5.56 Å². The number of nitrogens with zero attached hydrogens (tertiary/aromatic N) is 2. The molecule has 2 rings (SSSR count). The molecule has 0 aliphatic rings. The Hall–Kier alpha value is -1.60. The number of fused-ring (bicyclic) bond motifs is 1. The first kappa shape index (κ1) is 10.9. The SMILES string of the molecule is Cc1nc2ccc(C#CBr)cc2c(=O)n1C. The van der Waals surface area contributed by atoms with Crippen LogP contribution in [0, 0.1) is 17.7 Å². The van der Waals surface area contributed by atoms with E-state index in [1.807, 2.05) is 19.1 Å². The maximum atomic E-state index is 12.0. The first-order valence-corrected chi connectivity index (χ1v) is 5.52. The van der Waals surface area contributed by atoms with E-state index in [1.54, 1.807) is 13.1 Å². The molecule has 1 aromatic heterocycles. The fraction of sp³-hybridized carbons (Fsp3) is 0.167. The van der Waals surface area contributed by atoms with Crippen LogP contribution in [0.2, 0.25) is 0 Å². The second-order valence-electron chi connectivity index (χ2n) is 3.47. The van der Waals surface area contributed by atoms with Crippen LogP contribution < -0.4 is 5.56 Å². The van der Waals surface area contributed by atoms with Gasteiger partial charge in [0.1, 0.15) is 5.82 Å². The van der Waals surface area contributed by atoms with Crippen molar-refractivity contribution in [2.75, 3.05) is 0 Å². The molecule has 0 amide bonds. The molecule has 0 N–H and O–H groups in total. The van der Waals surface area contributed by atoms with E-state index in [4.69, 9.17) is 0 Å². The molecule has 3 nitrogen and oxygen atoms in total. The van der Waals surface area contributed by atoms with Gasteiger partial charge < -0.3 is 0 Å². The van der Waals surface area contributed by atoms with Gasteiger partial charge in [0.15, 0.2) is 0 Å². The molecule has 4 heteroatoms. The predicted octanol–water partition coefficient (Wildman–Crippen LogP) is 1.95. The number of halogens is 1.